The Morgan fingerprint density at radius 3 is 2.74 bits per heavy atom. The number of anilines is 1. The highest BCUT2D eigenvalue weighted by atomic mass is 16.7. The third-order valence-corrected chi connectivity index (χ3v) is 5.54. The second-order valence-electron chi connectivity index (χ2n) is 7.46. The Balaban J connectivity index is 1.17. The highest BCUT2D eigenvalue weighted by molar-refractivity contribution is 6.12. The molecule has 0 bridgehead atoms. The molecule has 1 fully saturated rings. The molecule has 6 rings (SSSR count). The number of imidazole rings is 1. The highest BCUT2D eigenvalue weighted by Gasteiger charge is 2.30. The number of aromatic nitrogens is 2. The van der Waals surface area contributed by atoms with Crippen LogP contribution in [-0.4, -0.2) is 59.7 Å². The lowest BCUT2D eigenvalue weighted by Gasteiger charge is -2.33. The molecule has 1 N–H and O–H groups in total. The van der Waals surface area contributed by atoms with Gasteiger partial charge in [-0.15, -0.1) is 0 Å². The van der Waals surface area contributed by atoms with Crippen LogP contribution in [0.1, 0.15) is 5.56 Å². The number of aromatic amines is 1. The molecule has 9 nitrogen and oxygen atoms in total. The minimum Gasteiger partial charge on any atom is -0.454 e. The van der Waals surface area contributed by atoms with Gasteiger partial charge in [-0.05, 0) is 24.3 Å². The van der Waals surface area contributed by atoms with Crippen LogP contribution >= 0.6 is 0 Å². The van der Waals surface area contributed by atoms with Crippen LogP contribution in [0.25, 0.3) is 11.0 Å². The molecule has 0 aliphatic carbocycles. The van der Waals surface area contributed by atoms with Crippen molar-refractivity contribution in [1.29, 1.82) is 0 Å². The maximum Gasteiger partial charge on any atom is 0.365 e. The Hall–Kier alpha value is -4.01. The molecule has 0 unspecified atom stereocenters. The van der Waals surface area contributed by atoms with Crippen molar-refractivity contribution in [2.24, 2.45) is 4.99 Å². The number of fused-ring (bicyclic) bond motifs is 2. The first-order valence-corrected chi connectivity index (χ1v) is 10.1. The number of carbonyl (C=O) groups excluding carboxylic acids is 1. The normalized spacial score (nSPS) is 19.3. The fourth-order valence-corrected chi connectivity index (χ4v) is 3.94. The second kappa shape index (κ2) is 7.05. The molecule has 0 saturated carbocycles. The van der Waals surface area contributed by atoms with E-state index in [2.05, 4.69) is 24.8 Å². The predicted octanol–water partition coefficient (Wildman–Crippen LogP) is 2.26. The van der Waals surface area contributed by atoms with Gasteiger partial charge in [-0.25, -0.2) is 14.8 Å². The molecule has 0 atom stereocenters. The van der Waals surface area contributed by atoms with Crippen LogP contribution in [0, 0.1) is 0 Å². The summed E-state index contributed by atoms with van der Waals surface area (Å²) in [6, 6.07) is 13.4. The lowest BCUT2D eigenvalue weighted by molar-refractivity contribution is -0.130. The van der Waals surface area contributed by atoms with Gasteiger partial charge in [0.15, 0.2) is 17.2 Å². The van der Waals surface area contributed by atoms with Crippen molar-refractivity contribution in [3.63, 3.8) is 0 Å². The second-order valence-corrected chi connectivity index (χ2v) is 7.46. The van der Waals surface area contributed by atoms with Gasteiger partial charge in [0.1, 0.15) is 0 Å². The molecule has 3 aliphatic rings. The van der Waals surface area contributed by atoms with Crippen LogP contribution in [0.15, 0.2) is 59.4 Å². The van der Waals surface area contributed by atoms with E-state index in [-0.39, 0.29) is 18.4 Å². The summed E-state index contributed by atoms with van der Waals surface area (Å²) in [5, 5.41) is 0. The smallest absolute Gasteiger partial charge is 0.365 e. The molecule has 1 saturated heterocycles. The van der Waals surface area contributed by atoms with Crippen molar-refractivity contribution in [2.45, 2.75) is 0 Å². The van der Waals surface area contributed by atoms with Crippen LogP contribution in [0.2, 0.25) is 0 Å². The number of ether oxygens (including phenoxy) is 3. The topological polar surface area (TPSA) is 92.3 Å². The number of benzene rings is 2. The number of esters is 1. The van der Waals surface area contributed by atoms with E-state index in [1.54, 1.807) is 18.3 Å². The van der Waals surface area contributed by atoms with Crippen LogP contribution in [0.5, 0.6) is 11.5 Å². The van der Waals surface area contributed by atoms with Crippen molar-refractivity contribution < 1.29 is 19.0 Å². The van der Waals surface area contributed by atoms with Gasteiger partial charge in [-0.2, -0.15) is 0 Å². The van der Waals surface area contributed by atoms with E-state index >= 15 is 0 Å². The van der Waals surface area contributed by atoms with E-state index < -0.39 is 5.97 Å². The number of hydrogen-bond acceptors (Lipinski definition) is 8. The van der Waals surface area contributed by atoms with Gasteiger partial charge >= 0.3 is 5.97 Å². The molecule has 0 spiro atoms. The Labute approximate surface area is 177 Å². The van der Waals surface area contributed by atoms with Gasteiger partial charge < -0.3 is 29.0 Å². The van der Waals surface area contributed by atoms with Gasteiger partial charge in [-0.3, -0.25) is 0 Å². The number of nitrogens with one attached hydrogen (secondary N) is 1. The van der Waals surface area contributed by atoms with E-state index in [0.717, 1.165) is 43.2 Å². The number of cyclic esters (lactones) is 1. The van der Waals surface area contributed by atoms with Gasteiger partial charge in [-0.1, -0.05) is 18.2 Å². The van der Waals surface area contributed by atoms with E-state index in [1.165, 1.54) is 0 Å². The van der Waals surface area contributed by atoms with Crippen molar-refractivity contribution in [3.8, 4) is 11.5 Å². The van der Waals surface area contributed by atoms with Crippen molar-refractivity contribution in [1.82, 2.24) is 14.9 Å². The van der Waals surface area contributed by atoms with Crippen LogP contribution in [0.3, 0.4) is 0 Å². The number of carbonyl (C=O) groups is 1. The lowest BCUT2D eigenvalue weighted by atomic mass is 10.2. The molecule has 4 heterocycles. The summed E-state index contributed by atoms with van der Waals surface area (Å²) in [5.41, 5.74) is 2.88. The van der Waals surface area contributed by atoms with Gasteiger partial charge in [0.2, 0.25) is 18.6 Å². The first-order valence-electron chi connectivity index (χ1n) is 10.1. The summed E-state index contributed by atoms with van der Waals surface area (Å²) in [6.45, 7) is 3.21. The van der Waals surface area contributed by atoms with E-state index in [9.17, 15) is 4.79 Å². The number of rotatable bonds is 3. The minimum absolute atomic E-state index is 0.145. The SMILES string of the molecule is O=C1OC(c2cccc3c2OCO3)=NC1=CN1CCN(c2nc3ccccc3[nH]2)CC1. The average molecular weight is 417 g/mol. The Morgan fingerprint density at radius 2 is 1.87 bits per heavy atom. The predicted molar refractivity (Wildman–Crippen MR) is 113 cm³/mol. The number of H-pyrrole nitrogens is 1. The molecule has 3 aromatic rings. The summed E-state index contributed by atoms with van der Waals surface area (Å²) in [7, 11) is 0. The summed E-state index contributed by atoms with van der Waals surface area (Å²) in [5.74, 6) is 1.81. The molecular weight excluding hydrogens is 398 g/mol. The molecule has 3 aliphatic heterocycles. The molecule has 156 valence electrons. The third-order valence-electron chi connectivity index (χ3n) is 5.54. The van der Waals surface area contributed by atoms with E-state index in [0.29, 0.717) is 17.1 Å². The van der Waals surface area contributed by atoms with E-state index in [1.807, 2.05) is 30.3 Å². The number of aliphatic imine (C=N–C) groups is 1. The third kappa shape index (κ3) is 3.14. The van der Waals surface area contributed by atoms with Crippen LogP contribution in [0.4, 0.5) is 5.95 Å². The zero-order valence-corrected chi connectivity index (χ0v) is 16.6. The van der Waals surface area contributed by atoms with Crippen LogP contribution in [-0.2, 0) is 9.53 Å². The van der Waals surface area contributed by atoms with Crippen molar-refractivity contribution in [3.05, 3.63) is 59.9 Å². The molecule has 9 heteroatoms. The zero-order valence-electron chi connectivity index (χ0n) is 16.6. The van der Waals surface area contributed by atoms with Gasteiger partial charge in [0, 0.05) is 32.4 Å². The van der Waals surface area contributed by atoms with Gasteiger partial charge in [0.05, 0.1) is 16.6 Å². The summed E-state index contributed by atoms with van der Waals surface area (Å²) in [6.07, 6.45) is 1.77. The van der Waals surface area contributed by atoms with Gasteiger partial charge in [0.25, 0.3) is 0 Å². The monoisotopic (exact) mass is 417 g/mol. The number of para-hydroxylation sites is 3. The fourth-order valence-electron chi connectivity index (χ4n) is 3.94. The number of nitrogens with zero attached hydrogens (tertiary/aromatic N) is 4. The average Bonchev–Trinajstić information content (AvgIpc) is 3.52. The first kappa shape index (κ1) is 17.8. The molecule has 1 aromatic heterocycles. The molecule has 0 radical (unpaired) electrons. The largest absolute Gasteiger partial charge is 0.454 e. The van der Waals surface area contributed by atoms with E-state index in [4.69, 9.17) is 14.2 Å². The standard InChI is InChI=1S/C22H19N5O4/c28-21-17(23-20(31-21)14-4-3-7-18-19(14)30-13-29-18)12-26-8-10-27(11-9-26)22-24-15-5-1-2-6-16(15)25-22/h1-7,12H,8-11,13H2,(H,24,25). The van der Waals surface area contributed by atoms with Crippen LogP contribution < -0.4 is 14.4 Å². The Bertz CT molecular complexity index is 1210. The molecule has 2 aromatic carbocycles. The molecule has 31 heavy (non-hydrogen) atoms. The minimum atomic E-state index is -0.466. The summed E-state index contributed by atoms with van der Waals surface area (Å²) >= 11 is 0. The Morgan fingerprint density at radius 1 is 1.00 bits per heavy atom. The molecule has 0 amide bonds. The first-order chi connectivity index (χ1) is 15.2. The fraction of sp³-hybridized carbons (Fsp3) is 0.227. The number of piperazine rings is 1. The maximum atomic E-state index is 12.4. The molecular formula is C22H19N5O4. The quantitative estimate of drug-likeness (QED) is 0.516. The lowest BCUT2D eigenvalue weighted by Crippen LogP contribution is -2.44. The zero-order chi connectivity index (χ0) is 20.8. The Kier molecular flexibility index (Phi) is 4.05. The summed E-state index contributed by atoms with van der Waals surface area (Å²) in [4.78, 5) is 29.1. The van der Waals surface area contributed by atoms with Crippen molar-refractivity contribution >= 4 is 28.8 Å². The summed E-state index contributed by atoms with van der Waals surface area (Å²) < 4.78 is 16.3. The van der Waals surface area contributed by atoms with Crippen molar-refractivity contribution in [2.75, 3.05) is 37.9 Å². The number of hydrogen-bond donors (Lipinski definition) is 1. The highest BCUT2D eigenvalue weighted by Crippen LogP contribution is 2.37. The maximum absolute atomic E-state index is 12.4.